The molecule has 2 aromatic rings. The van der Waals surface area contributed by atoms with Crippen LogP contribution in [-0.4, -0.2) is 20.2 Å². The Morgan fingerprint density at radius 3 is 2.57 bits per heavy atom. The van der Waals surface area contributed by atoms with Gasteiger partial charge in [-0.1, -0.05) is 18.2 Å². The first kappa shape index (κ1) is 13.7. The highest BCUT2D eigenvalue weighted by atomic mass is 16.5. The third kappa shape index (κ3) is 3.45. The number of ether oxygens (including phenoxy) is 1. The topological polar surface area (TPSA) is 48.6 Å². The molecular formula is C16H20N4O. The molecule has 1 saturated heterocycles. The molecule has 1 aliphatic rings. The summed E-state index contributed by atoms with van der Waals surface area (Å²) in [7, 11) is 1.68. The fourth-order valence-corrected chi connectivity index (χ4v) is 2.28. The Labute approximate surface area is 124 Å². The predicted octanol–water partition coefficient (Wildman–Crippen LogP) is 2.14. The van der Waals surface area contributed by atoms with Gasteiger partial charge in [-0.25, -0.2) is 16.0 Å². The zero-order valence-corrected chi connectivity index (χ0v) is 12.1. The van der Waals surface area contributed by atoms with Crippen LogP contribution in [0.5, 0.6) is 5.75 Å². The first-order valence-corrected chi connectivity index (χ1v) is 7.09. The first-order valence-electron chi connectivity index (χ1n) is 7.09. The van der Waals surface area contributed by atoms with Crippen molar-refractivity contribution in [3.8, 4) is 5.75 Å². The Morgan fingerprint density at radius 1 is 1.10 bits per heavy atom. The van der Waals surface area contributed by atoms with E-state index in [0.717, 1.165) is 36.8 Å². The number of rotatable bonds is 5. The lowest BCUT2D eigenvalue weighted by Gasteiger charge is -2.18. The summed E-state index contributed by atoms with van der Waals surface area (Å²) in [5.41, 5.74) is 9.96. The molecule has 3 N–H and O–H groups in total. The van der Waals surface area contributed by atoms with Gasteiger partial charge in [0, 0.05) is 25.3 Å². The van der Waals surface area contributed by atoms with Crippen LogP contribution in [0.4, 0.5) is 11.4 Å². The van der Waals surface area contributed by atoms with E-state index in [1.807, 2.05) is 23.3 Å². The Balaban J connectivity index is 1.62. The van der Waals surface area contributed by atoms with E-state index in [0.29, 0.717) is 0 Å². The highest BCUT2D eigenvalue weighted by molar-refractivity contribution is 5.57. The number of nitrogens with one attached hydrogen (secondary N) is 3. The summed E-state index contributed by atoms with van der Waals surface area (Å²) in [6, 6.07) is 16.4. The largest absolute Gasteiger partial charge is 0.497 e. The van der Waals surface area contributed by atoms with E-state index in [2.05, 4.69) is 46.5 Å². The van der Waals surface area contributed by atoms with Crippen molar-refractivity contribution >= 4 is 11.4 Å². The Bertz CT molecular complexity index is 579. The van der Waals surface area contributed by atoms with E-state index in [1.165, 1.54) is 5.56 Å². The van der Waals surface area contributed by atoms with E-state index in [4.69, 9.17) is 4.74 Å². The average molecular weight is 284 g/mol. The normalized spacial score (nSPS) is 14.2. The van der Waals surface area contributed by atoms with E-state index >= 15 is 0 Å². The number of anilines is 2. The molecule has 0 spiro atoms. The molecule has 0 aromatic heterocycles. The van der Waals surface area contributed by atoms with Gasteiger partial charge in [-0.15, -0.1) is 0 Å². The fraction of sp³-hybridized carbons (Fsp3) is 0.250. The van der Waals surface area contributed by atoms with E-state index in [9.17, 15) is 0 Å². The highest BCUT2D eigenvalue weighted by Gasteiger charge is 2.10. The zero-order chi connectivity index (χ0) is 14.5. The van der Waals surface area contributed by atoms with Gasteiger partial charge in [-0.3, -0.25) is 0 Å². The Morgan fingerprint density at radius 2 is 1.86 bits per heavy atom. The smallest absolute Gasteiger partial charge is 0.118 e. The van der Waals surface area contributed by atoms with Gasteiger partial charge >= 0.3 is 0 Å². The Hall–Kier alpha value is -2.24. The lowest BCUT2D eigenvalue weighted by Crippen LogP contribution is -2.38. The molecule has 1 aliphatic heterocycles. The Kier molecular flexibility index (Phi) is 4.23. The van der Waals surface area contributed by atoms with Crippen LogP contribution in [0.25, 0.3) is 0 Å². The molecule has 0 unspecified atom stereocenters. The predicted molar refractivity (Wildman–Crippen MR) is 85.2 cm³/mol. The van der Waals surface area contributed by atoms with Crippen molar-refractivity contribution in [2.24, 2.45) is 0 Å². The molecule has 2 aromatic carbocycles. The van der Waals surface area contributed by atoms with Crippen molar-refractivity contribution in [3.63, 3.8) is 0 Å². The van der Waals surface area contributed by atoms with Gasteiger partial charge < -0.3 is 10.1 Å². The average Bonchev–Trinajstić information content (AvgIpc) is 3.08. The van der Waals surface area contributed by atoms with Gasteiger partial charge in [0.2, 0.25) is 0 Å². The molecule has 0 atom stereocenters. The molecule has 0 radical (unpaired) electrons. The molecule has 0 saturated carbocycles. The van der Waals surface area contributed by atoms with Gasteiger partial charge in [-0.05, 0) is 35.9 Å². The van der Waals surface area contributed by atoms with Crippen LogP contribution in [0, 0.1) is 0 Å². The summed E-state index contributed by atoms with van der Waals surface area (Å²) in [6.07, 6.45) is 0. The van der Waals surface area contributed by atoms with Gasteiger partial charge in [0.15, 0.2) is 0 Å². The van der Waals surface area contributed by atoms with Crippen molar-refractivity contribution < 1.29 is 4.74 Å². The summed E-state index contributed by atoms with van der Waals surface area (Å²) in [6.45, 7) is 2.68. The minimum atomic E-state index is 0.786. The molecule has 1 heterocycles. The van der Waals surface area contributed by atoms with Crippen molar-refractivity contribution in [1.82, 2.24) is 10.9 Å². The number of hydrogen-bond donors (Lipinski definition) is 3. The van der Waals surface area contributed by atoms with Crippen LogP contribution in [-0.2, 0) is 6.54 Å². The van der Waals surface area contributed by atoms with Crippen molar-refractivity contribution in [3.05, 3.63) is 54.1 Å². The maximum Gasteiger partial charge on any atom is 0.118 e. The lowest BCUT2D eigenvalue weighted by atomic mass is 10.2. The van der Waals surface area contributed by atoms with Gasteiger partial charge in [0.1, 0.15) is 5.75 Å². The minimum absolute atomic E-state index is 0.786. The summed E-state index contributed by atoms with van der Waals surface area (Å²) in [5.74, 6) is 0.881. The fourth-order valence-electron chi connectivity index (χ4n) is 2.28. The summed E-state index contributed by atoms with van der Waals surface area (Å²) in [5, 5.41) is 5.40. The molecular weight excluding hydrogens is 264 g/mol. The third-order valence-electron chi connectivity index (χ3n) is 3.42. The highest BCUT2D eigenvalue weighted by Crippen LogP contribution is 2.19. The van der Waals surface area contributed by atoms with Crippen molar-refractivity contribution in [2.45, 2.75) is 6.54 Å². The number of hydrazine groups is 2. The summed E-state index contributed by atoms with van der Waals surface area (Å²) in [4.78, 5) is 0. The minimum Gasteiger partial charge on any atom is -0.497 e. The SMILES string of the molecule is COc1ccc(CNc2cccc(N3NCCN3)c2)cc1. The number of benzene rings is 2. The van der Waals surface area contributed by atoms with Gasteiger partial charge in [-0.2, -0.15) is 0 Å². The van der Waals surface area contributed by atoms with Crippen LogP contribution in [0.1, 0.15) is 5.56 Å². The molecule has 21 heavy (non-hydrogen) atoms. The van der Waals surface area contributed by atoms with Crippen LogP contribution >= 0.6 is 0 Å². The molecule has 0 aliphatic carbocycles. The molecule has 1 fully saturated rings. The number of nitrogens with zero attached hydrogens (tertiary/aromatic N) is 1. The monoisotopic (exact) mass is 284 g/mol. The maximum atomic E-state index is 5.16. The second kappa shape index (κ2) is 6.47. The molecule has 5 heteroatoms. The van der Waals surface area contributed by atoms with Crippen molar-refractivity contribution in [1.29, 1.82) is 0 Å². The van der Waals surface area contributed by atoms with Crippen LogP contribution < -0.4 is 26.0 Å². The lowest BCUT2D eigenvalue weighted by molar-refractivity contribution is 0.414. The standard InChI is InChI=1S/C16H20N4O/c1-21-16-7-5-13(6-8-16)12-17-14-3-2-4-15(11-14)20-18-9-10-19-20/h2-8,11,17-19H,9-10,12H2,1H3. The van der Waals surface area contributed by atoms with E-state index in [-0.39, 0.29) is 0 Å². The zero-order valence-electron chi connectivity index (χ0n) is 12.1. The molecule has 3 rings (SSSR count). The van der Waals surface area contributed by atoms with Gasteiger partial charge in [0.05, 0.1) is 12.8 Å². The van der Waals surface area contributed by atoms with Crippen LogP contribution in [0.3, 0.4) is 0 Å². The number of methoxy groups -OCH3 is 1. The van der Waals surface area contributed by atoms with E-state index in [1.54, 1.807) is 7.11 Å². The quantitative estimate of drug-likeness (QED) is 0.785. The van der Waals surface area contributed by atoms with Gasteiger partial charge in [0.25, 0.3) is 0 Å². The second-order valence-electron chi connectivity index (χ2n) is 4.90. The molecule has 0 bridgehead atoms. The molecule has 110 valence electrons. The summed E-state index contributed by atoms with van der Waals surface area (Å²) < 4.78 is 5.16. The molecule has 5 nitrogen and oxygen atoms in total. The molecule has 0 amide bonds. The van der Waals surface area contributed by atoms with Crippen LogP contribution in [0.2, 0.25) is 0 Å². The summed E-state index contributed by atoms with van der Waals surface area (Å²) >= 11 is 0. The van der Waals surface area contributed by atoms with Crippen LogP contribution in [0.15, 0.2) is 48.5 Å². The van der Waals surface area contributed by atoms with Crippen molar-refractivity contribution in [2.75, 3.05) is 30.6 Å². The second-order valence-corrected chi connectivity index (χ2v) is 4.90. The maximum absolute atomic E-state index is 5.16. The van der Waals surface area contributed by atoms with E-state index < -0.39 is 0 Å². The number of hydrogen-bond acceptors (Lipinski definition) is 5. The first-order chi connectivity index (χ1) is 10.3. The third-order valence-corrected chi connectivity index (χ3v) is 3.42.